The molecule has 0 unspecified atom stereocenters. The molecule has 0 aliphatic rings. The summed E-state index contributed by atoms with van der Waals surface area (Å²) in [6.07, 6.45) is 0. The molecule has 0 bridgehead atoms. The van der Waals surface area contributed by atoms with Gasteiger partial charge in [-0.05, 0) is 18.2 Å². The molecular formula is C14H15ClF2N2O4. The number of fused-ring (bicyclic) bond motifs is 1. The molecule has 1 heterocycles. The molecule has 9 heteroatoms. The lowest BCUT2D eigenvalue weighted by Crippen LogP contribution is -2.43. The standard InChI is InChI=1S/C14H14F2N2O4.ClH/c15-14(16,7-17)8-18-12(19)6-21-10-3-1-9-2-4-13(20)22-11(9)5-10;/h1-5H,6-8,17H2,(H,18,19);1H. The fourth-order valence-corrected chi connectivity index (χ4v) is 1.63. The molecule has 0 radical (unpaired) electrons. The number of nitrogens with one attached hydrogen (secondary N) is 1. The monoisotopic (exact) mass is 348 g/mol. The van der Waals surface area contributed by atoms with Crippen molar-refractivity contribution in [2.24, 2.45) is 5.73 Å². The van der Waals surface area contributed by atoms with Gasteiger partial charge in [0, 0.05) is 17.5 Å². The molecule has 0 spiro atoms. The smallest absolute Gasteiger partial charge is 0.336 e. The van der Waals surface area contributed by atoms with Crippen LogP contribution in [-0.2, 0) is 4.79 Å². The van der Waals surface area contributed by atoms with Crippen molar-refractivity contribution in [2.75, 3.05) is 19.7 Å². The van der Waals surface area contributed by atoms with Gasteiger partial charge < -0.3 is 20.2 Å². The Bertz CT molecular complexity index is 736. The zero-order chi connectivity index (χ0) is 16.2. The second-order valence-electron chi connectivity index (χ2n) is 4.58. The highest BCUT2D eigenvalue weighted by atomic mass is 35.5. The number of alkyl halides is 2. The number of carbonyl (C=O) groups is 1. The maximum absolute atomic E-state index is 12.9. The molecule has 23 heavy (non-hydrogen) atoms. The summed E-state index contributed by atoms with van der Waals surface area (Å²) in [6, 6.07) is 7.54. The number of carbonyl (C=O) groups excluding carboxylic acids is 1. The minimum Gasteiger partial charge on any atom is -0.484 e. The molecule has 3 N–H and O–H groups in total. The summed E-state index contributed by atoms with van der Waals surface area (Å²) in [5.41, 5.74) is 4.65. The summed E-state index contributed by atoms with van der Waals surface area (Å²) in [7, 11) is 0. The molecule has 0 atom stereocenters. The Labute approximate surface area is 136 Å². The maximum atomic E-state index is 12.9. The summed E-state index contributed by atoms with van der Waals surface area (Å²) >= 11 is 0. The van der Waals surface area contributed by atoms with Crippen molar-refractivity contribution in [1.29, 1.82) is 0 Å². The number of halogens is 3. The van der Waals surface area contributed by atoms with E-state index in [9.17, 15) is 18.4 Å². The van der Waals surface area contributed by atoms with Crippen molar-refractivity contribution in [1.82, 2.24) is 5.32 Å². The molecule has 1 aromatic heterocycles. The quantitative estimate of drug-likeness (QED) is 0.767. The lowest BCUT2D eigenvalue weighted by atomic mass is 10.2. The highest BCUT2D eigenvalue weighted by Crippen LogP contribution is 2.19. The molecule has 0 saturated heterocycles. The van der Waals surface area contributed by atoms with Crippen LogP contribution in [0.3, 0.4) is 0 Å². The van der Waals surface area contributed by atoms with Crippen LogP contribution in [0.25, 0.3) is 11.0 Å². The van der Waals surface area contributed by atoms with Crippen molar-refractivity contribution in [3.63, 3.8) is 0 Å². The third-order valence-corrected chi connectivity index (χ3v) is 2.81. The molecule has 6 nitrogen and oxygen atoms in total. The van der Waals surface area contributed by atoms with Crippen molar-refractivity contribution in [3.8, 4) is 5.75 Å². The Balaban J connectivity index is 0.00000264. The Kier molecular flexibility index (Phi) is 6.47. The van der Waals surface area contributed by atoms with Gasteiger partial charge >= 0.3 is 5.63 Å². The van der Waals surface area contributed by atoms with E-state index in [4.69, 9.17) is 14.9 Å². The van der Waals surface area contributed by atoms with Gasteiger partial charge in [0.1, 0.15) is 11.3 Å². The van der Waals surface area contributed by atoms with E-state index in [0.29, 0.717) is 11.0 Å². The van der Waals surface area contributed by atoms with E-state index in [-0.39, 0.29) is 18.2 Å². The fourth-order valence-electron chi connectivity index (χ4n) is 1.63. The molecule has 0 aliphatic carbocycles. The number of hydrogen-bond acceptors (Lipinski definition) is 5. The minimum atomic E-state index is -3.15. The van der Waals surface area contributed by atoms with Gasteiger partial charge in [-0.25, -0.2) is 13.6 Å². The van der Waals surface area contributed by atoms with E-state index in [2.05, 4.69) is 0 Å². The zero-order valence-electron chi connectivity index (χ0n) is 11.9. The van der Waals surface area contributed by atoms with Crippen LogP contribution in [0, 0.1) is 0 Å². The Hall–Kier alpha value is -2.19. The second kappa shape index (κ2) is 7.89. The van der Waals surface area contributed by atoms with Gasteiger partial charge in [0.2, 0.25) is 0 Å². The maximum Gasteiger partial charge on any atom is 0.336 e. The van der Waals surface area contributed by atoms with E-state index in [1.807, 2.05) is 5.32 Å². The van der Waals surface area contributed by atoms with E-state index in [0.717, 1.165) is 0 Å². The first kappa shape index (κ1) is 18.9. The van der Waals surface area contributed by atoms with Crippen LogP contribution in [-0.4, -0.2) is 31.5 Å². The Morgan fingerprint density at radius 1 is 1.30 bits per heavy atom. The van der Waals surface area contributed by atoms with Crippen LogP contribution in [0.5, 0.6) is 5.75 Å². The van der Waals surface area contributed by atoms with Gasteiger partial charge in [-0.15, -0.1) is 12.4 Å². The SMILES string of the molecule is Cl.NCC(F)(F)CNC(=O)COc1ccc2ccc(=O)oc2c1. The first-order valence-corrected chi connectivity index (χ1v) is 6.41. The molecule has 0 saturated carbocycles. The van der Waals surface area contributed by atoms with Gasteiger partial charge in [-0.1, -0.05) is 0 Å². The number of ether oxygens (including phenoxy) is 1. The molecule has 0 aliphatic heterocycles. The molecule has 0 fully saturated rings. The zero-order valence-corrected chi connectivity index (χ0v) is 12.7. The summed E-state index contributed by atoms with van der Waals surface area (Å²) in [5.74, 6) is -3.58. The molecule has 2 aromatic rings. The third kappa shape index (κ3) is 5.50. The number of hydrogen-bond donors (Lipinski definition) is 2. The molecule has 1 aromatic carbocycles. The van der Waals surface area contributed by atoms with Crippen LogP contribution in [0.4, 0.5) is 8.78 Å². The van der Waals surface area contributed by atoms with Crippen LogP contribution in [0.2, 0.25) is 0 Å². The van der Waals surface area contributed by atoms with Crippen molar-refractivity contribution in [2.45, 2.75) is 5.92 Å². The molecular weight excluding hydrogens is 334 g/mol. The van der Waals surface area contributed by atoms with Gasteiger partial charge in [-0.2, -0.15) is 0 Å². The minimum absolute atomic E-state index is 0. The summed E-state index contributed by atoms with van der Waals surface area (Å²) in [4.78, 5) is 22.5. The highest BCUT2D eigenvalue weighted by molar-refractivity contribution is 5.85. The Morgan fingerprint density at radius 2 is 2.00 bits per heavy atom. The topological polar surface area (TPSA) is 94.6 Å². The van der Waals surface area contributed by atoms with Crippen LogP contribution in [0.1, 0.15) is 0 Å². The van der Waals surface area contributed by atoms with E-state index in [1.54, 1.807) is 18.2 Å². The van der Waals surface area contributed by atoms with E-state index < -0.39 is 37.2 Å². The van der Waals surface area contributed by atoms with Crippen molar-refractivity contribution < 1.29 is 22.7 Å². The largest absolute Gasteiger partial charge is 0.484 e. The first-order chi connectivity index (χ1) is 10.4. The normalized spacial score (nSPS) is 10.9. The van der Waals surface area contributed by atoms with Crippen LogP contribution < -0.4 is 21.4 Å². The third-order valence-electron chi connectivity index (χ3n) is 2.81. The summed E-state index contributed by atoms with van der Waals surface area (Å²) < 4.78 is 35.9. The van der Waals surface area contributed by atoms with Gasteiger partial charge in [-0.3, -0.25) is 4.79 Å². The molecule has 1 amide bonds. The number of nitrogens with two attached hydrogens (primary N) is 1. The summed E-state index contributed by atoms with van der Waals surface area (Å²) in [5, 5.41) is 2.72. The Morgan fingerprint density at radius 3 is 2.70 bits per heavy atom. The average molecular weight is 349 g/mol. The molecule has 2 rings (SSSR count). The summed E-state index contributed by atoms with van der Waals surface area (Å²) in [6.45, 7) is -2.14. The predicted octanol–water partition coefficient (Wildman–Crippen LogP) is 1.30. The number of amides is 1. The van der Waals surface area contributed by atoms with Gasteiger partial charge in [0.05, 0.1) is 13.1 Å². The van der Waals surface area contributed by atoms with Crippen molar-refractivity contribution in [3.05, 3.63) is 40.8 Å². The van der Waals surface area contributed by atoms with Crippen molar-refractivity contribution >= 4 is 29.3 Å². The van der Waals surface area contributed by atoms with Gasteiger partial charge in [0.25, 0.3) is 11.8 Å². The first-order valence-electron chi connectivity index (χ1n) is 6.41. The predicted molar refractivity (Wildman–Crippen MR) is 82.2 cm³/mol. The lowest BCUT2D eigenvalue weighted by Gasteiger charge is -2.14. The van der Waals surface area contributed by atoms with E-state index in [1.165, 1.54) is 12.1 Å². The van der Waals surface area contributed by atoms with Crippen LogP contribution >= 0.6 is 12.4 Å². The average Bonchev–Trinajstić information content (AvgIpc) is 2.50. The van der Waals surface area contributed by atoms with Gasteiger partial charge in [0.15, 0.2) is 6.61 Å². The highest BCUT2D eigenvalue weighted by Gasteiger charge is 2.27. The number of benzene rings is 1. The fraction of sp³-hybridized carbons (Fsp3) is 0.286. The molecule has 126 valence electrons. The van der Waals surface area contributed by atoms with Crippen LogP contribution in [0.15, 0.2) is 39.5 Å². The second-order valence-corrected chi connectivity index (χ2v) is 4.58. The number of rotatable bonds is 6. The van der Waals surface area contributed by atoms with E-state index >= 15 is 0 Å². The lowest BCUT2D eigenvalue weighted by molar-refractivity contribution is -0.124.